The molecule has 2 aromatic rings. The van der Waals surface area contributed by atoms with Crippen LogP contribution < -0.4 is 21.5 Å². The average molecular weight is 473 g/mol. The molecule has 1 aliphatic heterocycles. The Kier molecular flexibility index (Phi) is 6.64. The Balaban J connectivity index is 1.50. The zero-order chi connectivity index (χ0) is 24.4. The first kappa shape index (κ1) is 23.4. The fraction of sp³-hybridized carbons (Fsp3) is 0.348. The predicted molar refractivity (Wildman–Crippen MR) is 120 cm³/mol. The van der Waals surface area contributed by atoms with E-state index in [1.807, 2.05) is 0 Å². The lowest BCUT2D eigenvalue weighted by molar-refractivity contribution is 0.0952. The Hall–Kier alpha value is -3.73. The van der Waals surface area contributed by atoms with Gasteiger partial charge in [-0.05, 0) is 42.7 Å². The highest BCUT2D eigenvalue weighted by Crippen LogP contribution is 2.38. The molecule has 1 saturated heterocycles. The molecule has 1 aromatic heterocycles. The van der Waals surface area contributed by atoms with Crippen molar-refractivity contribution in [3.8, 4) is 5.75 Å². The summed E-state index contributed by atoms with van der Waals surface area (Å²) in [5.74, 6) is -2.98. The summed E-state index contributed by atoms with van der Waals surface area (Å²) in [6, 6.07) is 3.46. The van der Waals surface area contributed by atoms with Crippen LogP contribution in [0.15, 0.2) is 41.8 Å². The number of carbonyl (C=O) groups excluding carboxylic acids is 2. The van der Waals surface area contributed by atoms with Crippen molar-refractivity contribution in [2.45, 2.75) is 24.8 Å². The van der Waals surface area contributed by atoms with E-state index in [-0.39, 0.29) is 47.4 Å². The van der Waals surface area contributed by atoms with Crippen molar-refractivity contribution in [1.82, 2.24) is 15.1 Å². The summed E-state index contributed by atoms with van der Waals surface area (Å²) in [4.78, 5) is 24.6. The predicted octanol–water partition coefficient (Wildman–Crippen LogP) is 2.37. The monoisotopic (exact) mass is 473 g/mol. The van der Waals surface area contributed by atoms with Crippen molar-refractivity contribution in [1.29, 1.82) is 0 Å². The second-order valence-electron chi connectivity index (χ2n) is 8.10. The van der Waals surface area contributed by atoms with Crippen LogP contribution in [-0.4, -0.2) is 48.5 Å². The van der Waals surface area contributed by atoms with Crippen molar-refractivity contribution < 1.29 is 27.8 Å². The van der Waals surface area contributed by atoms with Crippen molar-refractivity contribution in [3.63, 3.8) is 0 Å². The van der Waals surface area contributed by atoms with Crippen LogP contribution in [0.25, 0.3) is 0 Å². The van der Waals surface area contributed by atoms with Gasteiger partial charge in [0.15, 0.2) is 0 Å². The third kappa shape index (κ3) is 4.51. The molecule has 0 spiro atoms. The topological polar surface area (TPSA) is 134 Å². The van der Waals surface area contributed by atoms with Crippen LogP contribution in [0.5, 0.6) is 5.75 Å². The fourth-order valence-corrected chi connectivity index (χ4v) is 4.17. The SMILES string of the molecule is COc1ccc(F)cc1C(=O)NCC1=CCC(c2nn(C3CCOC3)c(N)c2C(N)=O)C(F)=C1. The summed E-state index contributed by atoms with van der Waals surface area (Å²) in [5.41, 5.74) is 12.4. The highest BCUT2D eigenvalue weighted by Gasteiger charge is 2.33. The summed E-state index contributed by atoms with van der Waals surface area (Å²) in [7, 11) is 1.38. The van der Waals surface area contributed by atoms with Crippen LogP contribution in [-0.2, 0) is 4.74 Å². The van der Waals surface area contributed by atoms with E-state index in [2.05, 4.69) is 10.4 Å². The van der Waals surface area contributed by atoms with Gasteiger partial charge in [0.25, 0.3) is 11.8 Å². The van der Waals surface area contributed by atoms with Gasteiger partial charge in [0, 0.05) is 13.2 Å². The van der Waals surface area contributed by atoms with E-state index in [4.69, 9.17) is 20.9 Å². The first-order chi connectivity index (χ1) is 16.3. The number of primary amides is 1. The van der Waals surface area contributed by atoms with Crippen molar-refractivity contribution >= 4 is 17.6 Å². The molecule has 2 unspecified atom stereocenters. The molecule has 0 radical (unpaired) electrons. The zero-order valence-corrected chi connectivity index (χ0v) is 18.5. The van der Waals surface area contributed by atoms with Crippen LogP contribution in [0.1, 0.15) is 51.2 Å². The number of hydrogen-bond acceptors (Lipinski definition) is 6. The number of amides is 2. The van der Waals surface area contributed by atoms with Crippen LogP contribution in [0.4, 0.5) is 14.6 Å². The van der Waals surface area contributed by atoms with Crippen molar-refractivity contribution in [2.75, 3.05) is 32.6 Å². The zero-order valence-electron chi connectivity index (χ0n) is 18.5. The van der Waals surface area contributed by atoms with E-state index >= 15 is 4.39 Å². The Morgan fingerprint density at radius 3 is 2.79 bits per heavy atom. The molecule has 11 heteroatoms. The number of nitrogens with two attached hydrogens (primary N) is 2. The van der Waals surface area contributed by atoms with Gasteiger partial charge in [0.1, 0.15) is 28.8 Å². The molecular formula is C23H25F2N5O4. The molecule has 34 heavy (non-hydrogen) atoms. The number of nitrogens with zero attached hydrogens (tertiary/aromatic N) is 2. The maximum absolute atomic E-state index is 15.1. The summed E-state index contributed by atoms with van der Waals surface area (Å²) in [6.45, 7) is 0.950. The number of nitrogen functional groups attached to an aromatic ring is 1. The van der Waals surface area contributed by atoms with E-state index in [0.717, 1.165) is 6.07 Å². The van der Waals surface area contributed by atoms with Gasteiger partial charge in [0.05, 0.1) is 36.9 Å². The summed E-state index contributed by atoms with van der Waals surface area (Å²) in [5, 5.41) is 7.07. The molecule has 1 fully saturated rings. The van der Waals surface area contributed by atoms with E-state index in [9.17, 15) is 14.0 Å². The molecule has 5 N–H and O–H groups in total. The first-order valence-corrected chi connectivity index (χ1v) is 10.7. The molecular weight excluding hydrogens is 448 g/mol. The highest BCUT2D eigenvalue weighted by atomic mass is 19.1. The summed E-state index contributed by atoms with van der Waals surface area (Å²) in [6.07, 6.45) is 3.87. The standard InChI is InChI=1S/C23H25F2N5O4/c1-33-18-5-3-13(24)9-16(18)23(32)28-10-12-2-4-15(17(25)8-12)20-19(22(27)31)21(26)30(29-20)14-6-7-34-11-14/h2-3,5,8-9,14-15H,4,6-7,10-11,26H2,1H3,(H2,27,31)(H,28,32). The van der Waals surface area contributed by atoms with Crippen molar-refractivity contribution in [3.05, 3.63) is 64.4 Å². The number of allylic oxidation sites excluding steroid dienone is 2. The molecule has 4 rings (SSSR count). The number of anilines is 1. The van der Waals surface area contributed by atoms with E-state index in [1.54, 1.807) is 6.08 Å². The van der Waals surface area contributed by atoms with Gasteiger partial charge >= 0.3 is 0 Å². The third-order valence-electron chi connectivity index (χ3n) is 5.93. The number of ether oxygens (including phenoxy) is 2. The maximum Gasteiger partial charge on any atom is 0.255 e. The second kappa shape index (κ2) is 9.64. The smallest absolute Gasteiger partial charge is 0.255 e. The number of methoxy groups -OCH3 is 1. The highest BCUT2D eigenvalue weighted by molar-refractivity contribution is 5.99. The number of halogens is 2. The Morgan fingerprint density at radius 2 is 2.15 bits per heavy atom. The van der Waals surface area contributed by atoms with Crippen LogP contribution in [0, 0.1) is 5.82 Å². The van der Waals surface area contributed by atoms with Gasteiger partial charge in [0.2, 0.25) is 0 Å². The minimum atomic E-state index is -0.837. The molecule has 2 heterocycles. The molecule has 0 saturated carbocycles. The molecule has 9 nitrogen and oxygen atoms in total. The Labute approximate surface area is 194 Å². The normalized spacial score (nSPS) is 20.0. The minimum Gasteiger partial charge on any atom is -0.496 e. The van der Waals surface area contributed by atoms with Gasteiger partial charge in [-0.1, -0.05) is 6.08 Å². The second-order valence-corrected chi connectivity index (χ2v) is 8.10. The lowest BCUT2D eigenvalue weighted by Gasteiger charge is -2.18. The Bertz CT molecular complexity index is 1180. The number of aromatic nitrogens is 2. The molecule has 2 atom stereocenters. The largest absolute Gasteiger partial charge is 0.496 e. The fourth-order valence-electron chi connectivity index (χ4n) is 4.17. The molecule has 0 bridgehead atoms. The van der Waals surface area contributed by atoms with Gasteiger partial charge in [-0.15, -0.1) is 0 Å². The number of hydrogen-bond donors (Lipinski definition) is 3. The van der Waals surface area contributed by atoms with Gasteiger partial charge in [-0.3, -0.25) is 9.59 Å². The lowest BCUT2D eigenvalue weighted by atomic mass is 9.90. The molecule has 180 valence electrons. The Morgan fingerprint density at radius 1 is 1.35 bits per heavy atom. The first-order valence-electron chi connectivity index (χ1n) is 10.7. The lowest BCUT2D eigenvalue weighted by Crippen LogP contribution is -2.26. The maximum atomic E-state index is 15.1. The van der Waals surface area contributed by atoms with Crippen LogP contribution >= 0.6 is 0 Å². The van der Waals surface area contributed by atoms with Gasteiger partial charge in [-0.25, -0.2) is 13.5 Å². The summed E-state index contributed by atoms with van der Waals surface area (Å²) >= 11 is 0. The molecule has 1 aliphatic carbocycles. The quantitative estimate of drug-likeness (QED) is 0.565. The average Bonchev–Trinajstić information content (AvgIpc) is 3.45. The number of nitrogens with one attached hydrogen (secondary N) is 1. The van der Waals surface area contributed by atoms with E-state index < -0.39 is 29.4 Å². The molecule has 2 aliphatic rings. The third-order valence-corrected chi connectivity index (χ3v) is 5.93. The minimum absolute atomic E-state index is 0.00352. The molecule has 2 amide bonds. The van der Waals surface area contributed by atoms with Gasteiger partial charge < -0.3 is 26.3 Å². The van der Waals surface area contributed by atoms with E-state index in [1.165, 1.54) is 30.0 Å². The van der Waals surface area contributed by atoms with Crippen molar-refractivity contribution in [2.24, 2.45) is 5.73 Å². The van der Waals surface area contributed by atoms with Gasteiger partial charge in [-0.2, -0.15) is 5.10 Å². The van der Waals surface area contributed by atoms with E-state index in [0.29, 0.717) is 25.2 Å². The number of rotatable bonds is 7. The number of carbonyl (C=O) groups is 2. The molecule has 1 aromatic carbocycles. The van der Waals surface area contributed by atoms with Crippen LogP contribution in [0.2, 0.25) is 0 Å². The summed E-state index contributed by atoms with van der Waals surface area (Å²) < 4.78 is 40.6. The van der Waals surface area contributed by atoms with Crippen LogP contribution in [0.3, 0.4) is 0 Å². The number of benzene rings is 1.